The Bertz CT molecular complexity index is 2270. The summed E-state index contributed by atoms with van der Waals surface area (Å²) < 4.78 is 91.8. The average Bonchev–Trinajstić information content (AvgIpc) is 3.28. The van der Waals surface area contributed by atoms with Crippen molar-refractivity contribution in [1.29, 1.82) is 0 Å². The standard InChI is InChI=1S/C56H88O25/c1-27(57)67-24-33-31(70-28(2)58)23-32(71-29(3)59)42(73-33)77-38-37(78-47(63)53(11,12)13)35(26-69-46(62)52(8,9)10)75-44(40(38)80-49(65)55(17,18)19)76-36-34(25-68-45(61)51(5,6)7)74-43(72-30(4)60)41(81-50(66)56(20,21)22)39(36)79-48(64)54(14,15)16/h31-44H,23-26H2,1-22H3/t31-,32-,33-,34-,35-,36-,37+,38+,39+,40-,41-,42-,43-,44+/m1/s1. The van der Waals surface area contributed by atoms with Gasteiger partial charge in [-0.15, -0.1) is 0 Å². The van der Waals surface area contributed by atoms with E-state index in [1.54, 1.807) is 41.5 Å². The van der Waals surface area contributed by atoms with E-state index >= 15 is 0 Å². The Morgan fingerprint density at radius 2 is 0.630 bits per heavy atom. The number of esters is 10. The van der Waals surface area contributed by atoms with Crippen molar-refractivity contribution in [1.82, 2.24) is 0 Å². The predicted octanol–water partition coefficient (Wildman–Crippen LogP) is 5.32. The van der Waals surface area contributed by atoms with Gasteiger partial charge >= 0.3 is 59.7 Å². The molecule has 25 heteroatoms. The Kier molecular flexibility index (Phi) is 23.5. The van der Waals surface area contributed by atoms with Crippen LogP contribution in [0.3, 0.4) is 0 Å². The van der Waals surface area contributed by atoms with Gasteiger partial charge in [0.1, 0.15) is 56.4 Å². The Hall–Kier alpha value is -5.50. The molecule has 0 bridgehead atoms. The first-order chi connectivity index (χ1) is 36.7. The van der Waals surface area contributed by atoms with E-state index in [9.17, 15) is 47.9 Å². The van der Waals surface area contributed by atoms with Gasteiger partial charge in [0, 0.05) is 34.1 Å². The first-order valence-corrected chi connectivity index (χ1v) is 26.8. The average molecular weight is 1160 g/mol. The molecule has 3 heterocycles. The molecule has 0 N–H and O–H groups in total. The Balaban J connectivity index is 2.60. The minimum Gasteiger partial charge on any atom is -0.463 e. The molecule has 462 valence electrons. The number of rotatable bonds is 17. The van der Waals surface area contributed by atoms with Gasteiger partial charge in [0.2, 0.25) is 12.4 Å². The van der Waals surface area contributed by atoms with Crippen LogP contribution in [0.25, 0.3) is 0 Å². The molecule has 25 nitrogen and oxygen atoms in total. The summed E-state index contributed by atoms with van der Waals surface area (Å²) in [5.74, 6) is -8.55. The van der Waals surface area contributed by atoms with Gasteiger partial charge in [-0.05, 0) is 125 Å². The molecule has 0 unspecified atom stereocenters. The quantitative estimate of drug-likeness (QED) is 0.131. The van der Waals surface area contributed by atoms with Crippen molar-refractivity contribution in [3.8, 4) is 0 Å². The fraction of sp³-hybridized carbons (Fsp3) is 0.821. The summed E-state index contributed by atoms with van der Waals surface area (Å²) in [6.45, 7) is 30.0. The van der Waals surface area contributed by atoms with Gasteiger partial charge in [-0.3, -0.25) is 47.9 Å². The Labute approximate surface area is 474 Å². The van der Waals surface area contributed by atoms with Gasteiger partial charge in [-0.25, -0.2) is 0 Å². The van der Waals surface area contributed by atoms with Crippen LogP contribution in [0.5, 0.6) is 0 Å². The van der Waals surface area contributed by atoms with E-state index in [4.69, 9.17) is 71.1 Å². The molecule has 0 saturated carbocycles. The van der Waals surface area contributed by atoms with Gasteiger partial charge < -0.3 is 71.1 Å². The Morgan fingerprint density at radius 1 is 0.309 bits per heavy atom. The molecule has 0 aromatic rings. The number of carbonyl (C=O) groups is 10. The molecular weight excluding hydrogens is 1070 g/mol. The molecule has 14 atom stereocenters. The van der Waals surface area contributed by atoms with Crippen LogP contribution in [0, 0.1) is 32.5 Å². The molecule has 0 radical (unpaired) electrons. The third kappa shape index (κ3) is 20.7. The lowest BCUT2D eigenvalue weighted by Crippen LogP contribution is -2.68. The van der Waals surface area contributed by atoms with Gasteiger partial charge in [0.05, 0.1) is 32.5 Å². The number of ether oxygens (including phenoxy) is 15. The van der Waals surface area contributed by atoms with Crippen LogP contribution in [0.4, 0.5) is 0 Å². The third-order valence-corrected chi connectivity index (χ3v) is 12.0. The van der Waals surface area contributed by atoms with Crippen molar-refractivity contribution < 1.29 is 119 Å². The molecule has 0 spiro atoms. The summed E-state index contributed by atoms with van der Waals surface area (Å²) >= 11 is 0. The molecule has 3 saturated heterocycles. The summed E-state index contributed by atoms with van der Waals surface area (Å²) in [5, 5.41) is 0. The molecule has 0 aromatic carbocycles. The SMILES string of the molecule is CC(=O)OC[C@H]1O[C@H](O[C@H]2[C@@H](OC(=O)C(C)(C)C)[C@@H](COC(=O)C(C)(C)C)O[C@@H](O[C@H]3[C@H](OC(=O)C(C)(C)C)[C@@H](OC(=O)C(C)(C)C)[C@H](OC(C)=O)O[C@@H]3COC(=O)C(C)(C)C)[C@@H]2OC(=O)C(C)(C)C)[C@H](OC(C)=O)C[C@H]1OC(C)=O. The van der Waals surface area contributed by atoms with E-state index in [1.807, 2.05) is 0 Å². The zero-order valence-electron chi connectivity index (χ0n) is 51.1. The van der Waals surface area contributed by atoms with Crippen LogP contribution in [-0.4, -0.2) is 166 Å². The van der Waals surface area contributed by atoms with Crippen molar-refractivity contribution in [2.75, 3.05) is 19.8 Å². The van der Waals surface area contributed by atoms with Gasteiger partial charge in [-0.2, -0.15) is 0 Å². The maximum atomic E-state index is 14.5. The highest BCUT2D eigenvalue weighted by Crippen LogP contribution is 2.40. The molecule has 3 aliphatic rings. The van der Waals surface area contributed by atoms with E-state index in [1.165, 1.54) is 83.1 Å². The van der Waals surface area contributed by atoms with Crippen molar-refractivity contribution in [3.05, 3.63) is 0 Å². The second kappa shape index (κ2) is 27.3. The monoisotopic (exact) mass is 1160 g/mol. The highest BCUT2D eigenvalue weighted by Gasteiger charge is 2.60. The van der Waals surface area contributed by atoms with Crippen molar-refractivity contribution >= 4 is 59.7 Å². The number of hydrogen-bond donors (Lipinski definition) is 0. The first kappa shape index (κ1) is 69.8. The molecule has 81 heavy (non-hydrogen) atoms. The third-order valence-electron chi connectivity index (χ3n) is 12.0. The van der Waals surface area contributed by atoms with Crippen LogP contribution in [0.2, 0.25) is 0 Å². The van der Waals surface area contributed by atoms with E-state index in [0.717, 1.165) is 27.7 Å². The largest absolute Gasteiger partial charge is 0.463 e. The maximum absolute atomic E-state index is 14.5. The molecular formula is C56H88O25. The van der Waals surface area contributed by atoms with E-state index < -0.39 is 198 Å². The lowest BCUT2D eigenvalue weighted by Gasteiger charge is -2.50. The number of carbonyl (C=O) groups excluding carboxylic acids is 10. The minimum atomic E-state index is -2.10. The summed E-state index contributed by atoms with van der Waals surface area (Å²) in [6, 6.07) is 0. The van der Waals surface area contributed by atoms with Crippen molar-refractivity contribution in [2.24, 2.45) is 32.5 Å². The lowest BCUT2D eigenvalue weighted by atomic mass is 9.92. The fourth-order valence-corrected chi connectivity index (χ4v) is 7.46. The van der Waals surface area contributed by atoms with Crippen molar-refractivity contribution in [2.45, 2.75) is 245 Å². The second-order valence-corrected chi connectivity index (χ2v) is 26.5. The summed E-state index contributed by atoms with van der Waals surface area (Å²) in [5.41, 5.74) is -7.45. The molecule has 3 fully saturated rings. The highest BCUT2D eigenvalue weighted by molar-refractivity contribution is 5.78. The van der Waals surface area contributed by atoms with E-state index in [-0.39, 0.29) is 6.42 Å². The zero-order chi connectivity index (χ0) is 62.3. The van der Waals surface area contributed by atoms with Crippen molar-refractivity contribution in [3.63, 3.8) is 0 Å². The van der Waals surface area contributed by atoms with Crippen LogP contribution in [0.1, 0.15) is 159 Å². The summed E-state index contributed by atoms with van der Waals surface area (Å²) in [7, 11) is 0. The molecule has 0 aliphatic carbocycles. The van der Waals surface area contributed by atoms with Gasteiger partial charge in [0.25, 0.3) is 0 Å². The Morgan fingerprint density at radius 3 is 1.02 bits per heavy atom. The minimum absolute atomic E-state index is 0.349. The second-order valence-electron chi connectivity index (χ2n) is 26.5. The molecule has 3 aliphatic heterocycles. The maximum Gasteiger partial charge on any atom is 0.311 e. The van der Waals surface area contributed by atoms with Gasteiger partial charge in [0.15, 0.2) is 37.0 Å². The fourth-order valence-electron chi connectivity index (χ4n) is 7.46. The normalized spacial score (nSPS) is 28.4. The van der Waals surface area contributed by atoms with Crippen LogP contribution in [0.15, 0.2) is 0 Å². The lowest BCUT2D eigenvalue weighted by molar-refractivity contribution is -0.377. The number of hydrogen-bond acceptors (Lipinski definition) is 25. The smallest absolute Gasteiger partial charge is 0.311 e. The highest BCUT2D eigenvalue weighted by atomic mass is 16.8. The molecule has 3 rings (SSSR count). The van der Waals surface area contributed by atoms with E-state index in [2.05, 4.69) is 0 Å². The predicted molar refractivity (Wildman–Crippen MR) is 278 cm³/mol. The van der Waals surface area contributed by atoms with E-state index in [0.29, 0.717) is 0 Å². The van der Waals surface area contributed by atoms with Crippen LogP contribution >= 0.6 is 0 Å². The molecule has 0 aromatic heterocycles. The topological polar surface area (TPSA) is 309 Å². The van der Waals surface area contributed by atoms with Crippen LogP contribution in [-0.2, 0) is 119 Å². The van der Waals surface area contributed by atoms with Gasteiger partial charge in [-0.1, -0.05) is 0 Å². The zero-order valence-corrected chi connectivity index (χ0v) is 51.1. The van der Waals surface area contributed by atoms with Crippen LogP contribution < -0.4 is 0 Å². The summed E-state index contributed by atoms with van der Waals surface area (Å²) in [4.78, 5) is 135. The molecule has 0 amide bonds. The first-order valence-electron chi connectivity index (χ1n) is 26.8. The summed E-state index contributed by atoms with van der Waals surface area (Å²) in [6.07, 6.45) is -25.0.